The van der Waals surface area contributed by atoms with Crippen LogP contribution in [-0.4, -0.2) is 37.1 Å². The van der Waals surface area contributed by atoms with Crippen molar-refractivity contribution < 1.29 is 0 Å². The van der Waals surface area contributed by atoms with Gasteiger partial charge in [0.2, 0.25) is 0 Å². The number of hydrogen-bond acceptors (Lipinski definition) is 2. The van der Waals surface area contributed by atoms with Crippen LogP contribution in [0.5, 0.6) is 0 Å². The molecule has 0 unspecified atom stereocenters. The van der Waals surface area contributed by atoms with E-state index in [0.29, 0.717) is 5.41 Å². The Morgan fingerprint density at radius 3 is 2.40 bits per heavy atom. The van der Waals surface area contributed by atoms with Crippen LogP contribution in [0.2, 0.25) is 0 Å². The molecule has 0 aromatic heterocycles. The fraction of sp³-hybridized carbons (Fsp3) is 1.00. The van der Waals surface area contributed by atoms with Gasteiger partial charge in [0.05, 0.1) is 0 Å². The van der Waals surface area contributed by atoms with Crippen LogP contribution in [-0.2, 0) is 0 Å². The molecule has 0 aromatic carbocycles. The van der Waals surface area contributed by atoms with Gasteiger partial charge in [-0.15, -0.1) is 0 Å². The largest absolute Gasteiger partial charge is 0.316 e. The highest BCUT2D eigenvalue weighted by molar-refractivity contribution is 4.93. The number of nitrogens with one attached hydrogen (secondary N) is 1. The fourth-order valence-electron chi connectivity index (χ4n) is 3.85. The summed E-state index contributed by atoms with van der Waals surface area (Å²) in [6.07, 6.45) is 14.2. The monoisotopic (exact) mass is 280 g/mol. The second-order valence-corrected chi connectivity index (χ2v) is 7.29. The molecule has 0 aromatic rings. The topological polar surface area (TPSA) is 15.3 Å². The van der Waals surface area contributed by atoms with Crippen LogP contribution < -0.4 is 5.32 Å². The molecule has 0 bridgehead atoms. The minimum atomic E-state index is 0.587. The van der Waals surface area contributed by atoms with Crippen LogP contribution >= 0.6 is 0 Å². The zero-order chi connectivity index (χ0) is 14.3. The molecular formula is C18H36N2. The summed E-state index contributed by atoms with van der Waals surface area (Å²) in [5.74, 6) is 0. The van der Waals surface area contributed by atoms with Crippen molar-refractivity contribution in [2.24, 2.45) is 5.41 Å². The summed E-state index contributed by atoms with van der Waals surface area (Å²) in [6, 6.07) is 0.937. The molecule has 2 rings (SSSR count). The van der Waals surface area contributed by atoms with E-state index in [2.05, 4.69) is 24.1 Å². The predicted molar refractivity (Wildman–Crippen MR) is 88.2 cm³/mol. The Balaban J connectivity index is 1.89. The second-order valence-electron chi connectivity index (χ2n) is 7.29. The van der Waals surface area contributed by atoms with E-state index >= 15 is 0 Å². The molecule has 0 saturated heterocycles. The molecule has 2 nitrogen and oxygen atoms in total. The summed E-state index contributed by atoms with van der Waals surface area (Å²) in [7, 11) is 0. The Bertz CT molecular complexity index is 254. The van der Waals surface area contributed by atoms with Crippen molar-refractivity contribution in [1.82, 2.24) is 10.2 Å². The van der Waals surface area contributed by atoms with Gasteiger partial charge in [0.25, 0.3) is 0 Å². The first kappa shape index (κ1) is 16.3. The van der Waals surface area contributed by atoms with Crippen LogP contribution in [0, 0.1) is 5.41 Å². The van der Waals surface area contributed by atoms with E-state index in [0.717, 1.165) is 6.04 Å². The molecule has 1 N–H and O–H groups in total. The minimum absolute atomic E-state index is 0.587. The number of nitrogens with zero attached hydrogens (tertiary/aromatic N) is 1. The van der Waals surface area contributed by atoms with Gasteiger partial charge in [-0.25, -0.2) is 0 Å². The van der Waals surface area contributed by atoms with Crippen molar-refractivity contribution in [2.75, 3.05) is 26.2 Å². The first-order chi connectivity index (χ1) is 9.79. The van der Waals surface area contributed by atoms with Gasteiger partial charge in [-0.05, 0) is 57.0 Å². The van der Waals surface area contributed by atoms with E-state index < -0.39 is 0 Å². The van der Waals surface area contributed by atoms with Crippen molar-refractivity contribution in [3.8, 4) is 0 Å². The number of unbranched alkanes of at least 4 members (excludes halogenated alkanes) is 1. The lowest BCUT2D eigenvalue weighted by atomic mass is 9.73. The molecular weight excluding hydrogens is 244 g/mol. The Labute approximate surface area is 126 Å². The Kier molecular flexibility index (Phi) is 6.83. The van der Waals surface area contributed by atoms with Crippen LogP contribution in [0.15, 0.2) is 0 Å². The third-order valence-corrected chi connectivity index (χ3v) is 5.24. The van der Waals surface area contributed by atoms with Gasteiger partial charge in [0.1, 0.15) is 0 Å². The molecule has 0 heterocycles. The maximum absolute atomic E-state index is 3.74. The third-order valence-electron chi connectivity index (χ3n) is 5.24. The molecule has 0 spiro atoms. The average molecular weight is 280 g/mol. The first-order valence-electron chi connectivity index (χ1n) is 9.24. The molecule has 118 valence electrons. The van der Waals surface area contributed by atoms with Crippen molar-refractivity contribution in [1.29, 1.82) is 0 Å². The fourth-order valence-corrected chi connectivity index (χ4v) is 3.85. The summed E-state index contributed by atoms with van der Waals surface area (Å²) in [5.41, 5.74) is 0.587. The quantitative estimate of drug-likeness (QED) is 0.603. The van der Waals surface area contributed by atoms with Crippen LogP contribution in [0.4, 0.5) is 0 Å². The zero-order valence-corrected chi connectivity index (χ0v) is 13.9. The molecule has 2 aliphatic carbocycles. The van der Waals surface area contributed by atoms with E-state index in [1.165, 1.54) is 90.4 Å². The highest BCUT2D eigenvalue weighted by Gasteiger charge is 2.37. The van der Waals surface area contributed by atoms with Crippen molar-refractivity contribution in [3.63, 3.8) is 0 Å². The zero-order valence-electron chi connectivity index (χ0n) is 13.9. The minimum Gasteiger partial charge on any atom is -0.316 e. The second kappa shape index (κ2) is 8.38. The van der Waals surface area contributed by atoms with Gasteiger partial charge in [0.15, 0.2) is 0 Å². The molecule has 20 heavy (non-hydrogen) atoms. The highest BCUT2D eigenvalue weighted by atomic mass is 15.2. The van der Waals surface area contributed by atoms with E-state index in [1.807, 2.05) is 0 Å². The molecule has 0 amide bonds. The summed E-state index contributed by atoms with van der Waals surface area (Å²) in [4.78, 5) is 2.85. The SMILES string of the molecule is CCCCN(CC1(CNCCC)CCCCC1)C1CC1. The molecule has 0 aliphatic heterocycles. The van der Waals surface area contributed by atoms with Crippen LogP contribution in [0.1, 0.15) is 78.1 Å². The Morgan fingerprint density at radius 1 is 1.05 bits per heavy atom. The molecule has 0 atom stereocenters. The maximum Gasteiger partial charge on any atom is 0.00966 e. The smallest absolute Gasteiger partial charge is 0.00966 e. The van der Waals surface area contributed by atoms with Gasteiger partial charge in [0, 0.05) is 19.1 Å². The lowest BCUT2D eigenvalue weighted by Crippen LogP contribution is -2.46. The number of hydrogen-bond donors (Lipinski definition) is 1. The van der Waals surface area contributed by atoms with E-state index in [4.69, 9.17) is 0 Å². The van der Waals surface area contributed by atoms with E-state index in [-0.39, 0.29) is 0 Å². The molecule has 2 fully saturated rings. The van der Waals surface area contributed by atoms with Crippen LogP contribution in [0.25, 0.3) is 0 Å². The standard InChI is InChI=1S/C18H36N2/c1-3-5-14-20(17-9-10-17)16-18(15-19-13-4-2)11-7-6-8-12-18/h17,19H,3-16H2,1-2H3. The highest BCUT2D eigenvalue weighted by Crippen LogP contribution is 2.39. The van der Waals surface area contributed by atoms with Gasteiger partial charge in [-0.2, -0.15) is 0 Å². The molecule has 0 radical (unpaired) electrons. The maximum atomic E-state index is 3.74. The van der Waals surface area contributed by atoms with Gasteiger partial charge < -0.3 is 5.32 Å². The van der Waals surface area contributed by atoms with Crippen molar-refractivity contribution >= 4 is 0 Å². The van der Waals surface area contributed by atoms with E-state index in [1.54, 1.807) is 0 Å². The van der Waals surface area contributed by atoms with Crippen LogP contribution in [0.3, 0.4) is 0 Å². The Hall–Kier alpha value is -0.0800. The molecule has 2 heteroatoms. The van der Waals surface area contributed by atoms with Crippen molar-refractivity contribution in [2.45, 2.75) is 84.1 Å². The average Bonchev–Trinajstić information content (AvgIpc) is 3.29. The summed E-state index contributed by atoms with van der Waals surface area (Å²) < 4.78 is 0. The number of rotatable bonds is 10. The van der Waals surface area contributed by atoms with Gasteiger partial charge in [-0.3, -0.25) is 4.90 Å². The first-order valence-corrected chi connectivity index (χ1v) is 9.24. The Morgan fingerprint density at radius 2 is 1.80 bits per heavy atom. The summed E-state index contributed by atoms with van der Waals surface area (Å²) >= 11 is 0. The summed E-state index contributed by atoms with van der Waals surface area (Å²) in [6.45, 7) is 9.77. The predicted octanol–water partition coefficient (Wildman–Crippen LogP) is 4.20. The van der Waals surface area contributed by atoms with Gasteiger partial charge >= 0.3 is 0 Å². The molecule has 2 aliphatic rings. The third kappa shape index (κ3) is 5.04. The normalized spacial score (nSPS) is 22.4. The lowest BCUT2D eigenvalue weighted by Gasteiger charge is -2.42. The van der Waals surface area contributed by atoms with Gasteiger partial charge in [-0.1, -0.05) is 39.5 Å². The van der Waals surface area contributed by atoms with E-state index in [9.17, 15) is 0 Å². The molecule has 2 saturated carbocycles. The van der Waals surface area contributed by atoms with Crippen molar-refractivity contribution in [3.05, 3.63) is 0 Å². The lowest BCUT2D eigenvalue weighted by molar-refractivity contribution is 0.0962. The summed E-state index contributed by atoms with van der Waals surface area (Å²) in [5, 5.41) is 3.74.